The first-order valence-corrected chi connectivity index (χ1v) is 4.05. The second-order valence-electron chi connectivity index (χ2n) is 2.63. The minimum absolute atomic E-state index is 0.483. The van der Waals surface area contributed by atoms with E-state index in [-0.39, 0.29) is 0 Å². The van der Waals surface area contributed by atoms with Gasteiger partial charge in [-0.25, -0.2) is 4.79 Å². The van der Waals surface area contributed by atoms with Crippen LogP contribution in [0.1, 0.15) is 13.8 Å². The predicted octanol–water partition coefficient (Wildman–Crippen LogP) is 0.755. The van der Waals surface area contributed by atoms with Gasteiger partial charge in [0.05, 0.1) is 12.4 Å². The molecular weight excluding hydrogens is 172 g/mol. The summed E-state index contributed by atoms with van der Waals surface area (Å²) in [6, 6.07) is 0. The largest absolute Gasteiger partial charge is 0.479 e. The lowest BCUT2D eigenvalue weighted by molar-refractivity contribution is -0.144. The molecule has 5 heteroatoms. The molecule has 13 heavy (non-hydrogen) atoms. The van der Waals surface area contributed by atoms with Crippen molar-refractivity contribution in [1.29, 1.82) is 0 Å². The molecule has 0 saturated heterocycles. The van der Waals surface area contributed by atoms with Crippen molar-refractivity contribution >= 4 is 5.97 Å². The van der Waals surface area contributed by atoms with Crippen LogP contribution in [0, 0.1) is 0 Å². The maximum atomic E-state index is 10.4. The maximum Gasteiger partial charge on any atom is 0.344 e. The van der Waals surface area contributed by atoms with E-state index in [1.165, 1.54) is 13.1 Å². The average molecular weight is 184 g/mol. The molecule has 0 fully saturated rings. The van der Waals surface area contributed by atoms with Crippen LogP contribution < -0.4 is 4.74 Å². The second-order valence-corrected chi connectivity index (χ2v) is 2.63. The highest BCUT2D eigenvalue weighted by molar-refractivity contribution is 5.72. The standard InChI is InChI=1S/C8H12N2O3/c1-3-10-5-7(4-9-10)13-6(2)8(11)12/h4-6H,3H2,1-2H3,(H,11,12). The Kier molecular flexibility index (Phi) is 2.89. The van der Waals surface area contributed by atoms with Gasteiger partial charge in [-0.05, 0) is 13.8 Å². The third-order valence-corrected chi connectivity index (χ3v) is 1.59. The molecule has 0 spiro atoms. The number of aromatic nitrogens is 2. The van der Waals surface area contributed by atoms with Gasteiger partial charge in [0, 0.05) is 6.54 Å². The third-order valence-electron chi connectivity index (χ3n) is 1.59. The van der Waals surface area contributed by atoms with Crippen molar-refractivity contribution in [3.8, 4) is 5.75 Å². The number of nitrogens with zero attached hydrogens (tertiary/aromatic N) is 2. The molecule has 1 rings (SSSR count). The number of aryl methyl sites for hydroxylation is 1. The monoisotopic (exact) mass is 184 g/mol. The molecule has 0 amide bonds. The van der Waals surface area contributed by atoms with E-state index in [2.05, 4.69) is 5.10 Å². The number of aliphatic carboxylic acids is 1. The van der Waals surface area contributed by atoms with Gasteiger partial charge in [-0.3, -0.25) is 4.68 Å². The average Bonchev–Trinajstić information content (AvgIpc) is 2.52. The van der Waals surface area contributed by atoms with E-state index >= 15 is 0 Å². The summed E-state index contributed by atoms with van der Waals surface area (Å²) in [5.74, 6) is -0.499. The molecule has 1 aromatic heterocycles. The van der Waals surface area contributed by atoms with Crippen LogP contribution in [0.4, 0.5) is 0 Å². The summed E-state index contributed by atoms with van der Waals surface area (Å²) >= 11 is 0. The zero-order valence-corrected chi connectivity index (χ0v) is 7.60. The Morgan fingerprint density at radius 1 is 1.85 bits per heavy atom. The number of rotatable bonds is 4. The highest BCUT2D eigenvalue weighted by atomic mass is 16.5. The SMILES string of the molecule is CCn1cc(OC(C)C(=O)O)cn1. The van der Waals surface area contributed by atoms with Gasteiger partial charge in [-0.1, -0.05) is 0 Å². The zero-order valence-electron chi connectivity index (χ0n) is 7.60. The molecule has 1 aromatic rings. The van der Waals surface area contributed by atoms with Crippen molar-refractivity contribution in [2.24, 2.45) is 0 Å². The molecule has 72 valence electrons. The molecule has 0 aliphatic carbocycles. The lowest BCUT2D eigenvalue weighted by Crippen LogP contribution is -2.22. The van der Waals surface area contributed by atoms with Crippen LogP contribution in [0.15, 0.2) is 12.4 Å². The van der Waals surface area contributed by atoms with Crippen LogP contribution in [-0.4, -0.2) is 27.0 Å². The summed E-state index contributed by atoms with van der Waals surface area (Å²) in [7, 11) is 0. The summed E-state index contributed by atoms with van der Waals surface area (Å²) in [4.78, 5) is 10.4. The summed E-state index contributed by atoms with van der Waals surface area (Å²) in [5, 5.41) is 12.5. The fourth-order valence-corrected chi connectivity index (χ4v) is 0.833. The number of hydrogen-bond acceptors (Lipinski definition) is 3. The minimum Gasteiger partial charge on any atom is -0.479 e. The lowest BCUT2D eigenvalue weighted by atomic mass is 10.4. The smallest absolute Gasteiger partial charge is 0.344 e. The first kappa shape index (κ1) is 9.57. The van der Waals surface area contributed by atoms with Crippen molar-refractivity contribution in [3.05, 3.63) is 12.4 Å². The van der Waals surface area contributed by atoms with Crippen molar-refractivity contribution in [2.75, 3.05) is 0 Å². The Morgan fingerprint density at radius 3 is 3.00 bits per heavy atom. The highest BCUT2D eigenvalue weighted by Gasteiger charge is 2.12. The molecule has 0 radical (unpaired) electrons. The number of hydrogen-bond donors (Lipinski definition) is 1. The Hall–Kier alpha value is -1.52. The molecule has 0 bridgehead atoms. The highest BCUT2D eigenvalue weighted by Crippen LogP contribution is 2.10. The lowest BCUT2D eigenvalue weighted by Gasteiger charge is -2.06. The Labute approximate surface area is 75.9 Å². The Morgan fingerprint density at radius 2 is 2.54 bits per heavy atom. The van der Waals surface area contributed by atoms with Gasteiger partial charge in [0.25, 0.3) is 0 Å². The molecule has 5 nitrogen and oxygen atoms in total. The van der Waals surface area contributed by atoms with E-state index in [0.29, 0.717) is 5.75 Å². The first-order chi connectivity index (χ1) is 6.13. The second kappa shape index (κ2) is 3.93. The van der Waals surface area contributed by atoms with Gasteiger partial charge in [0.2, 0.25) is 0 Å². The molecule has 0 aromatic carbocycles. The van der Waals surface area contributed by atoms with Gasteiger partial charge in [-0.2, -0.15) is 5.10 Å². The van der Waals surface area contributed by atoms with Crippen LogP contribution in [0.3, 0.4) is 0 Å². The predicted molar refractivity (Wildman–Crippen MR) is 45.6 cm³/mol. The van der Waals surface area contributed by atoms with Gasteiger partial charge in [-0.15, -0.1) is 0 Å². The molecule has 1 atom stereocenters. The first-order valence-electron chi connectivity index (χ1n) is 4.05. The summed E-state index contributed by atoms with van der Waals surface area (Å²) in [5.41, 5.74) is 0. The van der Waals surface area contributed by atoms with Crippen molar-refractivity contribution in [2.45, 2.75) is 26.5 Å². The molecule has 0 aliphatic heterocycles. The molecule has 0 saturated carbocycles. The van der Waals surface area contributed by atoms with E-state index in [0.717, 1.165) is 6.54 Å². The molecule has 1 unspecified atom stereocenters. The summed E-state index contributed by atoms with van der Waals surface area (Å²) in [6.45, 7) is 4.16. The van der Waals surface area contributed by atoms with Gasteiger partial charge in [0.1, 0.15) is 0 Å². The van der Waals surface area contributed by atoms with Crippen LogP contribution in [-0.2, 0) is 11.3 Å². The molecule has 1 heterocycles. The number of carbonyl (C=O) groups is 1. The molecule has 0 aliphatic rings. The molecular formula is C8H12N2O3. The van der Waals surface area contributed by atoms with Gasteiger partial charge in [0.15, 0.2) is 11.9 Å². The minimum atomic E-state index is -0.982. The molecule has 1 N–H and O–H groups in total. The number of carboxylic acids is 1. The van der Waals surface area contributed by atoms with Crippen molar-refractivity contribution < 1.29 is 14.6 Å². The van der Waals surface area contributed by atoms with E-state index < -0.39 is 12.1 Å². The van der Waals surface area contributed by atoms with E-state index in [1.54, 1.807) is 10.9 Å². The van der Waals surface area contributed by atoms with Crippen LogP contribution in [0.5, 0.6) is 5.75 Å². The number of carboxylic acid groups (broad SMARTS) is 1. The Balaban J connectivity index is 2.58. The zero-order chi connectivity index (χ0) is 9.84. The van der Waals surface area contributed by atoms with Crippen molar-refractivity contribution in [3.63, 3.8) is 0 Å². The van der Waals surface area contributed by atoms with E-state index in [4.69, 9.17) is 9.84 Å². The van der Waals surface area contributed by atoms with Crippen LogP contribution in [0.25, 0.3) is 0 Å². The van der Waals surface area contributed by atoms with E-state index in [9.17, 15) is 4.79 Å². The Bertz CT molecular complexity index is 295. The summed E-state index contributed by atoms with van der Waals surface area (Å²) < 4.78 is 6.75. The fourth-order valence-electron chi connectivity index (χ4n) is 0.833. The van der Waals surface area contributed by atoms with Crippen LogP contribution in [0.2, 0.25) is 0 Å². The normalized spacial score (nSPS) is 12.5. The summed E-state index contributed by atoms with van der Waals surface area (Å²) in [6.07, 6.45) is 2.33. The maximum absolute atomic E-state index is 10.4. The topological polar surface area (TPSA) is 64.3 Å². The van der Waals surface area contributed by atoms with Gasteiger partial charge >= 0.3 is 5.97 Å². The van der Waals surface area contributed by atoms with E-state index in [1.807, 2.05) is 6.92 Å². The van der Waals surface area contributed by atoms with Crippen molar-refractivity contribution in [1.82, 2.24) is 9.78 Å². The van der Waals surface area contributed by atoms with Gasteiger partial charge < -0.3 is 9.84 Å². The van der Waals surface area contributed by atoms with Crippen LogP contribution >= 0.6 is 0 Å². The third kappa shape index (κ3) is 2.47. The fraction of sp³-hybridized carbons (Fsp3) is 0.500. The quantitative estimate of drug-likeness (QED) is 0.750. The number of ether oxygens (including phenoxy) is 1.